The molecule has 30 heavy (non-hydrogen) atoms. The number of aromatic nitrogens is 2. The summed E-state index contributed by atoms with van der Waals surface area (Å²) in [4.78, 5) is 33.8. The van der Waals surface area contributed by atoms with E-state index in [-0.39, 0.29) is 23.5 Å². The summed E-state index contributed by atoms with van der Waals surface area (Å²) in [5, 5.41) is 8.97. The van der Waals surface area contributed by atoms with E-state index in [9.17, 15) is 9.59 Å². The minimum absolute atomic E-state index is 0.0560. The van der Waals surface area contributed by atoms with Crippen LogP contribution in [0.2, 0.25) is 0 Å². The first-order valence-electron chi connectivity index (χ1n) is 10.3. The standard InChI is InChI=1S/C23H26N4O2S/c1-3-17(4-2)15-26(12-8-11-24)21(28)20-14-25-23-27(22(20)29)16-19(30-23)13-18-9-6-5-7-10-18/h5-7,9-10,14,16-17H,3-4,8,12-13,15H2,1-2H3. The van der Waals surface area contributed by atoms with Crippen LogP contribution in [0.1, 0.15) is 53.9 Å². The molecule has 0 saturated heterocycles. The minimum atomic E-state index is -0.355. The Balaban J connectivity index is 1.90. The molecule has 1 amide bonds. The lowest BCUT2D eigenvalue weighted by atomic mass is 10.0. The number of carbonyl (C=O) groups excluding carboxylic acids is 1. The fourth-order valence-electron chi connectivity index (χ4n) is 3.45. The fourth-order valence-corrected chi connectivity index (χ4v) is 4.42. The monoisotopic (exact) mass is 422 g/mol. The fraction of sp³-hybridized carbons (Fsp3) is 0.391. The van der Waals surface area contributed by atoms with Crippen LogP contribution in [-0.4, -0.2) is 33.3 Å². The van der Waals surface area contributed by atoms with Gasteiger partial charge in [-0.05, 0) is 11.5 Å². The molecule has 3 aromatic rings. The average Bonchev–Trinajstić information content (AvgIpc) is 3.18. The van der Waals surface area contributed by atoms with Gasteiger partial charge in [-0.25, -0.2) is 4.98 Å². The summed E-state index contributed by atoms with van der Waals surface area (Å²) in [5.74, 6) is -0.00873. The second-order valence-corrected chi connectivity index (χ2v) is 8.42. The Morgan fingerprint density at radius 3 is 2.67 bits per heavy atom. The lowest BCUT2D eigenvalue weighted by molar-refractivity contribution is 0.0726. The average molecular weight is 423 g/mol. The Bertz CT molecular complexity index is 1090. The van der Waals surface area contributed by atoms with Crippen molar-refractivity contribution in [3.63, 3.8) is 0 Å². The van der Waals surface area contributed by atoms with Crippen molar-refractivity contribution < 1.29 is 4.79 Å². The van der Waals surface area contributed by atoms with Crippen LogP contribution in [0, 0.1) is 17.2 Å². The van der Waals surface area contributed by atoms with Crippen LogP contribution in [0.25, 0.3) is 4.96 Å². The van der Waals surface area contributed by atoms with Crippen LogP contribution in [-0.2, 0) is 6.42 Å². The summed E-state index contributed by atoms with van der Waals surface area (Å²) in [5.41, 5.74) is 0.855. The van der Waals surface area contributed by atoms with E-state index in [0.29, 0.717) is 30.4 Å². The van der Waals surface area contributed by atoms with Gasteiger partial charge in [0.25, 0.3) is 11.5 Å². The Morgan fingerprint density at radius 1 is 1.27 bits per heavy atom. The molecule has 3 rings (SSSR count). The molecule has 0 bridgehead atoms. The normalized spacial score (nSPS) is 11.0. The summed E-state index contributed by atoms with van der Waals surface area (Å²) < 4.78 is 1.47. The Labute approximate surface area is 180 Å². The van der Waals surface area contributed by atoms with Crippen LogP contribution in [0.3, 0.4) is 0 Å². The molecule has 0 unspecified atom stereocenters. The number of carbonyl (C=O) groups is 1. The molecule has 0 aliphatic heterocycles. The molecule has 1 aromatic carbocycles. The highest BCUT2D eigenvalue weighted by molar-refractivity contribution is 7.17. The van der Waals surface area contributed by atoms with Gasteiger partial charge in [0, 0.05) is 36.8 Å². The highest BCUT2D eigenvalue weighted by Crippen LogP contribution is 2.19. The van der Waals surface area contributed by atoms with Crippen molar-refractivity contribution in [3.8, 4) is 6.07 Å². The zero-order valence-corrected chi connectivity index (χ0v) is 18.2. The molecule has 0 atom stereocenters. The second-order valence-electron chi connectivity index (χ2n) is 7.33. The van der Waals surface area contributed by atoms with E-state index >= 15 is 0 Å². The van der Waals surface area contributed by atoms with Crippen molar-refractivity contribution >= 4 is 22.2 Å². The van der Waals surface area contributed by atoms with E-state index < -0.39 is 0 Å². The molecule has 0 radical (unpaired) electrons. The van der Waals surface area contributed by atoms with Crippen LogP contribution < -0.4 is 5.56 Å². The van der Waals surface area contributed by atoms with Crippen LogP contribution in [0.15, 0.2) is 47.5 Å². The van der Waals surface area contributed by atoms with Crippen molar-refractivity contribution in [1.82, 2.24) is 14.3 Å². The molecule has 2 aromatic heterocycles. The highest BCUT2D eigenvalue weighted by Gasteiger charge is 2.23. The summed E-state index contributed by atoms with van der Waals surface area (Å²) in [6, 6.07) is 12.1. The summed E-state index contributed by atoms with van der Waals surface area (Å²) in [6.07, 6.45) is 5.99. The first-order chi connectivity index (χ1) is 14.6. The van der Waals surface area contributed by atoms with Crippen molar-refractivity contribution in [3.05, 3.63) is 69.1 Å². The minimum Gasteiger partial charge on any atom is -0.337 e. The molecule has 0 spiro atoms. The largest absolute Gasteiger partial charge is 0.337 e. The Hall–Kier alpha value is -2.98. The summed E-state index contributed by atoms with van der Waals surface area (Å²) in [7, 11) is 0. The van der Waals surface area contributed by atoms with Gasteiger partial charge in [-0.1, -0.05) is 57.0 Å². The number of hydrogen-bond acceptors (Lipinski definition) is 5. The van der Waals surface area contributed by atoms with Gasteiger partial charge >= 0.3 is 0 Å². The molecule has 0 saturated carbocycles. The van der Waals surface area contributed by atoms with Gasteiger partial charge < -0.3 is 4.90 Å². The van der Waals surface area contributed by atoms with Crippen LogP contribution in [0.4, 0.5) is 0 Å². The molecule has 6 nitrogen and oxygen atoms in total. The summed E-state index contributed by atoms with van der Waals surface area (Å²) in [6.45, 7) is 5.03. The predicted octanol–water partition coefficient (Wildman–Crippen LogP) is 4.14. The molecular weight excluding hydrogens is 396 g/mol. The molecular formula is C23H26N4O2S. The maximum atomic E-state index is 13.1. The third-order valence-electron chi connectivity index (χ3n) is 5.32. The van der Waals surface area contributed by atoms with Crippen LogP contribution in [0.5, 0.6) is 0 Å². The number of hydrogen-bond donors (Lipinski definition) is 0. The van der Waals surface area contributed by atoms with Gasteiger partial charge in [-0.15, -0.1) is 11.3 Å². The van der Waals surface area contributed by atoms with Crippen molar-refractivity contribution in [2.24, 2.45) is 5.92 Å². The summed E-state index contributed by atoms with van der Waals surface area (Å²) >= 11 is 1.45. The van der Waals surface area contributed by atoms with E-state index in [1.165, 1.54) is 21.9 Å². The van der Waals surface area contributed by atoms with Gasteiger partial charge in [-0.2, -0.15) is 5.26 Å². The first-order valence-corrected chi connectivity index (χ1v) is 11.1. The lowest BCUT2D eigenvalue weighted by Gasteiger charge is -2.25. The second kappa shape index (κ2) is 10.2. The Kier molecular flexibility index (Phi) is 7.36. The van der Waals surface area contributed by atoms with E-state index in [0.717, 1.165) is 23.3 Å². The first kappa shape index (κ1) is 21.7. The van der Waals surface area contributed by atoms with Crippen LogP contribution >= 0.6 is 11.3 Å². The van der Waals surface area contributed by atoms with Gasteiger partial charge in [0.2, 0.25) is 0 Å². The van der Waals surface area contributed by atoms with E-state index in [4.69, 9.17) is 5.26 Å². The van der Waals surface area contributed by atoms with E-state index in [1.807, 2.05) is 30.3 Å². The molecule has 0 aliphatic carbocycles. The van der Waals surface area contributed by atoms with Crippen molar-refractivity contribution in [2.45, 2.75) is 39.5 Å². The third-order valence-corrected chi connectivity index (χ3v) is 6.32. The number of fused-ring (bicyclic) bond motifs is 1. The number of thiazole rings is 1. The molecule has 0 fully saturated rings. The zero-order chi connectivity index (χ0) is 21.5. The number of nitriles is 1. The SMILES string of the molecule is CCC(CC)CN(CCC#N)C(=O)c1cnc2sc(Cc3ccccc3)cn2c1=O. The lowest BCUT2D eigenvalue weighted by Crippen LogP contribution is -2.39. The maximum absolute atomic E-state index is 13.1. The number of nitrogens with zero attached hydrogens (tertiary/aromatic N) is 4. The van der Waals surface area contributed by atoms with E-state index in [1.54, 1.807) is 11.1 Å². The maximum Gasteiger partial charge on any atom is 0.271 e. The zero-order valence-electron chi connectivity index (χ0n) is 17.4. The predicted molar refractivity (Wildman–Crippen MR) is 119 cm³/mol. The molecule has 2 heterocycles. The molecule has 0 aliphatic rings. The van der Waals surface area contributed by atoms with Gasteiger partial charge in [0.05, 0.1) is 12.5 Å². The smallest absolute Gasteiger partial charge is 0.271 e. The van der Waals surface area contributed by atoms with E-state index in [2.05, 4.69) is 24.9 Å². The molecule has 7 heteroatoms. The number of benzene rings is 1. The molecule has 156 valence electrons. The highest BCUT2D eigenvalue weighted by atomic mass is 32.1. The molecule has 0 N–H and O–H groups in total. The van der Waals surface area contributed by atoms with Crippen molar-refractivity contribution in [2.75, 3.05) is 13.1 Å². The number of amides is 1. The van der Waals surface area contributed by atoms with Gasteiger partial charge in [0.15, 0.2) is 4.96 Å². The third kappa shape index (κ3) is 4.95. The van der Waals surface area contributed by atoms with Gasteiger partial charge in [0.1, 0.15) is 5.56 Å². The topological polar surface area (TPSA) is 78.5 Å². The van der Waals surface area contributed by atoms with Crippen molar-refractivity contribution in [1.29, 1.82) is 5.26 Å². The quantitative estimate of drug-likeness (QED) is 0.519. The number of rotatable bonds is 9. The Morgan fingerprint density at radius 2 is 2.00 bits per heavy atom. The van der Waals surface area contributed by atoms with Gasteiger partial charge in [-0.3, -0.25) is 14.0 Å².